The van der Waals surface area contributed by atoms with E-state index in [9.17, 15) is 4.79 Å². The Morgan fingerprint density at radius 2 is 2.27 bits per heavy atom. The van der Waals surface area contributed by atoms with Gasteiger partial charge in [-0.05, 0) is 12.5 Å². The molecule has 0 N–H and O–H groups in total. The predicted octanol–water partition coefficient (Wildman–Crippen LogP) is 2.32. The van der Waals surface area contributed by atoms with Crippen LogP contribution in [0.2, 0.25) is 0 Å². The van der Waals surface area contributed by atoms with Crippen molar-refractivity contribution in [2.24, 2.45) is 0 Å². The summed E-state index contributed by atoms with van der Waals surface area (Å²) in [4.78, 5) is 10.9. The Morgan fingerprint density at radius 3 is 2.64 bits per heavy atom. The van der Waals surface area contributed by atoms with Gasteiger partial charge in [0.15, 0.2) is 0 Å². The molecule has 0 bridgehead atoms. The second-order valence-electron chi connectivity index (χ2n) is 2.60. The lowest BCUT2D eigenvalue weighted by Crippen LogP contribution is -2.09. The maximum absolute atomic E-state index is 10.9. The van der Waals surface area contributed by atoms with E-state index in [1.165, 1.54) is 0 Å². The van der Waals surface area contributed by atoms with Gasteiger partial charge in [0.05, 0.1) is 6.42 Å². The standard InChI is InChI=1S/C8H13IO2/c1-6(2)5-11-8(10)4-7(3)9/h7H,1,4-5H2,2-3H3. The van der Waals surface area contributed by atoms with Crippen molar-refractivity contribution in [3.63, 3.8) is 0 Å². The van der Waals surface area contributed by atoms with Gasteiger partial charge < -0.3 is 4.74 Å². The number of carbonyl (C=O) groups is 1. The zero-order valence-corrected chi connectivity index (χ0v) is 9.05. The third-order valence-corrected chi connectivity index (χ3v) is 1.37. The van der Waals surface area contributed by atoms with E-state index in [-0.39, 0.29) is 5.97 Å². The van der Waals surface area contributed by atoms with Gasteiger partial charge in [-0.2, -0.15) is 0 Å². The third kappa shape index (κ3) is 7.84. The van der Waals surface area contributed by atoms with Crippen LogP contribution in [0.1, 0.15) is 20.3 Å². The molecule has 0 rings (SSSR count). The van der Waals surface area contributed by atoms with Crippen molar-refractivity contribution < 1.29 is 9.53 Å². The van der Waals surface area contributed by atoms with Crippen molar-refractivity contribution in [2.75, 3.05) is 6.61 Å². The molecule has 0 aromatic carbocycles. The Hall–Kier alpha value is -0.0600. The summed E-state index contributed by atoms with van der Waals surface area (Å²) in [6.45, 7) is 7.79. The molecule has 0 saturated carbocycles. The number of ether oxygens (including phenoxy) is 1. The lowest BCUT2D eigenvalue weighted by atomic mass is 10.3. The van der Waals surface area contributed by atoms with Crippen LogP contribution in [0.15, 0.2) is 12.2 Å². The molecular weight excluding hydrogens is 255 g/mol. The first-order valence-corrected chi connectivity index (χ1v) is 4.71. The lowest BCUT2D eigenvalue weighted by molar-refractivity contribution is -0.142. The largest absolute Gasteiger partial charge is 0.461 e. The van der Waals surface area contributed by atoms with Gasteiger partial charge in [-0.25, -0.2) is 0 Å². The molecule has 1 unspecified atom stereocenters. The van der Waals surface area contributed by atoms with Crippen LogP contribution in [0.4, 0.5) is 0 Å². The highest BCUT2D eigenvalue weighted by Gasteiger charge is 2.05. The van der Waals surface area contributed by atoms with E-state index in [1.807, 2.05) is 13.8 Å². The van der Waals surface area contributed by atoms with Gasteiger partial charge in [-0.3, -0.25) is 4.79 Å². The van der Waals surface area contributed by atoms with E-state index in [4.69, 9.17) is 4.74 Å². The average molecular weight is 268 g/mol. The molecule has 0 aliphatic carbocycles. The maximum Gasteiger partial charge on any atom is 0.307 e. The number of hydrogen-bond acceptors (Lipinski definition) is 2. The number of alkyl halides is 1. The monoisotopic (exact) mass is 268 g/mol. The molecule has 0 aliphatic heterocycles. The molecule has 0 saturated heterocycles. The minimum Gasteiger partial charge on any atom is -0.461 e. The highest BCUT2D eigenvalue weighted by molar-refractivity contribution is 14.1. The molecule has 0 radical (unpaired) electrons. The number of esters is 1. The molecule has 0 aromatic heterocycles. The van der Waals surface area contributed by atoms with Gasteiger partial charge in [0.1, 0.15) is 6.61 Å². The average Bonchev–Trinajstić information content (AvgIpc) is 1.82. The fraction of sp³-hybridized carbons (Fsp3) is 0.625. The lowest BCUT2D eigenvalue weighted by Gasteiger charge is -2.04. The Balaban J connectivity index is 3.45. The maximum atomic E-state index is 10.9. The summed E-state index contributed by atoms with van der Waals surface area (Å²) < 4.78 is 5.21. The second-order valence-corrected chi connectivity index (χ2v) is 4.73. The molecule has 0 spiro atoms. The summed E-state index contributed by atoms with van der Waals surface area (Å²) in [6, 6.07) is 0. The summed E-state index contributed by atoms with van der Waals surface area (Å²) in [7, 11) is 0. The zero-order valence-electron chi connectivity index (χ0n) is 6.89. The van der Waals surface area contributed by atoms with Crippen LogP contribution >= 0.6 is 22.6 Å². The van der Waals surface area contributed by atoms with Gasteiger partial charge in [-0.1, -0.05) is 36.1 Å². The van der Waals surface area contributed by atoms with Crippen LogP contribution in [0.3, 0.4) is 0 Å². The smallest absolute Gasteiger partial charge is 0.307 e. The molecule has 11 heavy (non-hydrogen) atoms. The quantitative estimate of drug-likeness (QED) is 0.338. The number of carbonyl (C=O) groups excluding carboxylic acids is 1. The third-order valence-electron chi connectivity index (χ3n) is 0.927. The number of halogens is 1. The van der Waals surface area contributed by atoms with Crippen molar-refractivity contribution >= 4 is 28.6 Å². The second kappa shape index (κ2) is 5.57. The summed E-state index contributed by atoms with van der Waals surface area (Å²) in [5.41, 5.74) is 0.875. The minimum atomic E-state index is -0.144. The Labute approximate surface area is 81.1 Å². The van der Waals surface area contributed by atoms with Gasteiger partial charge >= 0.3 is 5.97 Å². The molecule has 2 nitrogen and oxygen atoms in total. The van der Waals surface area contributed by atoms with Crippen LogP contribution in [0, 0.1) is 0 Å². The number of rotatable bonds is 4. The topological polar surface area (TPSA) is 26.3 Å². The van der Waals surface area contributed by atoms with Crippen LogP contribution in [0.5, 0.6) is 0 Å². The van der Waals surface area contributed by atoms with E-state index in [1.54, 1.807) is 0 Å². The SMILES string of the molecule is C=C(C)COC(=O)CC(C)I. The van der Waals surface area contributed by atoms with E-state index < -0.39 is 0 Å². The van der Waals surface area contributed by atoms with Crippen molar-refractivity contribution in [1.29, 1.82) is 0 Å². The van der Waals surface area contributed by atoms with Gasteiger partial charge in [0.25, 0.3) is 0 Å². The highest BCUT2D eigenvalue weighted by atomic mass is 127. The zero-order chi connectivity index (χ0) is 8.85. The first kappa shape index (κ1) is 10.9. The van der Waals surface area contributed by atoms with Crippen LogP contribution in [-0.2, 0) is 9.53 Å². The van der Waals surface area contributed by atoms with Crippen LogP contribution in [-0.4, -0.2) is 16.5 Å². The van der Waals surface area contributed by atoms with E-state index >= 15 is 0 Å². The Bertz CT molecular complexity index is 152. The first-order valence-electron chi connectivity index (χ1n) is 3.46. The predicted molar refractivity (Wildman–Crippen MR) is 53.9 cm³/mol. The fourth-order valence-electron chi connectivity index (χ4n) is 0.492. The van der Waals surface area contributed by atoms with Gasteiger partial charge in [0.2, 0.25) is 0 Å². The number of hydrogen-bond donors (Lipinski definition) is 0. The van der Waals surface area contributed by atoms with Crippen LogP contribution in [0.25, 0.3) is 0 Å². The molecule has 3 heteroatoms. The summed E-state index contributed by atoms with van der Waals surface area (Å²) >= 11 is 2.19. The molecule has 0 aliphatic rings. The molecule has 0 amide bonds. The molecule has 0 fully saturated rings. The van der Waals surface area contributed by atoms with E-state index in [0.29, 0.717) is 17.0 Å². The van der Waals surface area contributed by atoms with Crippen molar-refractivity contribution in [1.82, 2.24) is 0 Å². The molecule has 64 valence electrons. The van der Waals surface area contributed by atoms with Crippen molar-refractivity contribution in [2.45, 2.75) is 24.2 Å². The van der Waals surface area contributed by atoms with Gasteiger partial charge in [-0.15, -0.1) is 0 Å². The van der Waals surface area contributed by atoms with E-state index in [0.717, 1.165) is 5.57 Å². The Morgan fingerprint density at radius 1 is 1.73 bits per heavy atom. The highest BCUT2D eigenvalue weighted by Crippen LogP contribution is 2.05. The van der Waals surface area contributed by atoms with Crippen molar-refractivity contribution in [3.05, 3.63) is 12.2 Å². The molecule has 0 aromatic rings. The summed E-state index contributed by atoms with van der Waals surface area (Å²) in [5.74, 6) is -0.144. The summed E-state index contributed by atoms with van der Waals surface area (Å²) in [5, 5.41) is 0. The molecule has 0 heterocycles. The van der Waals surface area contributed by atoms with Gasteiger partial charge in [0, 0.05) is 3.92 Å². The molecular formula is C8H13IO2. The fourth-order valence-corrected chi connectivity index (χ4v) is 0.852. The first-order chi connectivity index (χ1) is 5.02. The Kier molecular flexibility index (Phi) is 5.54. The summed E-state index contributed by atoms with van der Waals surface area (Å²) in [6.07, 6.45) is 0.480. The normalized spacial score (nSPS) is 12.3. The minimum absolute atomic E-state index is 0.144. The van der Waals surface area contributed by atoms with E-state index in [2.05, 4.69) is 29.2 Å². The molecule has 1 atom stereocenters. The van der Waals surface area contributed by atoms with Crippen LogP contribution < -0.4 is 0 Å². The van der Waals surface area contributed by atoms with Crippen molar-refractivity contribution in [3.8, 4) is 0 Å².